The van der Waals surface area contributed by atoms with E-state index in [2.05, 4.69) is 21.6 Å². The van der Waals surface area contributed by atoms with Crippen molar-refractivity contribution in [2.75, 3.05) is 25.0 Å². The Morgan fingerprint density at radius 1 is 1.33 bits per heavy atom. The highest BCUT2D eigenvalue weighted by Crippen LogP contribution is 2.30. The minimum Gasteiger partial charge on any atom is -0.447 e. The first kappa shape index (κ1) is 24.7. The highest BCUT2D eigenvalue weighted by Gasteiger charge is 2.35. The SMILES string of the molecule is CC(C)(COC(=O)N1CC[C@H](C#N)[C@@H](n2cc(C(N)=O)c(Nc3ccc(F)cc3)n2)C1)n1cccn1. The summed E-state index contributed by atoms with van der Waals surface area (Å²) < 4.78 is 22.0. The largest absolute Gasteiger partial charge is 0.447 e. The van der Waals surface area contributed by atoms with Crippen molar-refractivity contribution in [3.05, 3.63) is 60.3 Å². The summed E-state index contributed by atoms with van der Waals surface area (Å²) in [5.74, 6) is -1.40. The fourth-order valence-electron chi connectivity index (χ4n) is 4.04. The number of ether oxygens (including phenoxy) is 1. The number of piperidine rings is 1. The number of anilines is 2. The molecule has 1 aliphatic rings. The Morgan fingerprint density at radius 3 is 2.72 bits per heavy atom. The smallest absolute Gasteiger partial charge is 0.409 e. The third-order valence-electron chi connectivity index (χ3n) is 6.12. The van der Waals surface area contributed by atoms with E-state index >= 15 is 0 Å². The van der Waals surface area contributed by atoms with Crippen LogP contribution >= 0.6 is 0 Å². The van der Waals surface area contributed by atoms with Crippen molar-refractivity contribution in [2.24, 2.45) is 11.7 Å². The first-order chi connectivity index (χ1) is 17.2. The van der Waals surface area contributed by atoms with Crippen molar-refractivity contribution in [1.82, 2.24) is 24.5 Å². The van der Waals surface area contributed by atoms with Crippen LogP contribution < -0.4 is 11.1 Å². The van der Waals surface area contributed by atoms with Crippen LogP contribution in [0.4, 0.5) is 20.7 Å². The summed E-state index contributed by atoms with van der Waals surface area (Å²) in [4.78, 5) is 26.5. The number of hydrogen-bond donors (Lipinski definition) is 2. The van der Waals surface area contributed by atoms with Gasteiger partial charge in [-0.1, -0.05) is 0 Å². The van der Waals surface area contributed by atoms with E-state index < -0.39 is 35.3 Å². The van der Waals surface area contributed by atoms with Crippen LogP contribution in [0.5, 0.6) is 0 Å². The summed E-state index contributed by atoms with van der Waals surface area (Å²) in [7, 11) is 0. The molecule has 3 aromatic rings. The molecule has 4 rings (SSSR count). The van der Waals surface area contributed by atoms with Crippen molar-refractivity contribution in [2.45, 2.75) is 31.8 Å². The molecule has 3 heterocycles. The lowest BCUT2D eigenvalue weighted by Gasteiger charge is -2.35. The fourth-order valence-corrected chi connectivity index (χ4v) is 4.04. The molecule has 0 saturated carbocycles. The topological polar surface area (TPSA) is 144 Å². The van der Waals surface area contributed by atoms with Gasteiger partial charge < -0.3 is 20.7 Å². The molecule has 0 unspecified atom stereocenters. The predicted octanol–water partition coefficient (Wildman–Crippen LogP) is 3.02. The maximum absolute atomic E-state index is 13.3. The van der Waals surface area contributed by atoms with Crippen LogP contribution in [-0.4, -0.2) is 56.2 Å². The zero-order valence-corrected chi connectivity index (χ0v) is 20.0. The van der Waals surface area contributed by atoms with Gasteiger partial charge in [-0.25, -0.2) is 9.18 Å². The summed E-state index contributed by atoms with van der Waals surface area (Å²) in [5.41, 5.74) is 5.63. The van der Waals surface area contributed by atoms with Crippen molar-refractivity contribution in [3.63, 3.8) is 0 Å². The number of nitriles is 1. The average molecular weight is 495 g/mol. The average Bonchev–Trinajstić information content (AvgIpc) is 3.55. The molecule has 0 spiro atoms. The van der Waals surface area contributed by atoms with Gasteiger partial charge in [-0.3, -0.25) is 14.2 Å². The van der Waals surface area contributed by atoms with E-state index in [-0.39, 0.29) is 24.5 Å². The van der Waals surface area contributed by atoms with Gasteiger partial charge in [0.25, 0.3) is 5.91 Å². The number of carbonyl (C=O) groups excluding carboxylic acids is 2. The number of nitrogens with two attached hydrogens (primary N) is 1. The minimum absolute atomic E-state index is 0.107. The second-order valence-corrected chi connectivity index (χ2v) is 9.22. The van der Waals surface area contributed by atoms with Crippen LogP contribution in [0.2, 0.25) is 0 Å². The lowest BCUT2D eigenvalue weighted by Crippen LogP contribution is -2.46. The van der Waals surface area contributed by atoms with Gasteiger partial charge in [0.2, 0.25) is 0 Å². The van der Waals surface area contributed by atoms with E-state index in [1.807, 2.05) is 13.8 Å². The maximum Gasteiger partial charge on any atom is 0.409 e. The lowest BCUT2D eigenvalue weighted by atomic mass is 9.93. The molecule has 1 aromatic carbocycles. The number of benzene rings is 1. The van der Waals surface area contributed by atoms with Gasteiger partial charge in [-0.05, 0) is 50.6 Å². The normalized spacial score (nSPS) is 17.9. The molecule has 2 atom stereocenters. The monoisotopic (exact) mass is 494 g/mol. The molecule has 2 amide bonds. The van der Waals surface area contributed by atoms with Gasteiger partial charge in [0.15, 0.2) is 5.82 Å². The molecule has 188 valence electrons. The van der Waals surface area contributed by atoms with Crippen LogP contribution in [0.1, 0.15) is 36.7 Å². The Kier molecular flexibility index (Phi) is 6.91. The fraction of sp³-hybridized carbons (Fsp3) is 0.375. The Hall–Kier alpha value is -4.40. The highest BCUT2D eigenvalue weighted by molar-refractivity contribution is 5.98. The molecular weight excluding hydrogens is 467 g/mol. The third-order valence-corrected chi connectivity index (χ3v) is 6.12. The second-order valence-electron chi connectivity index (χ2n) is 9.22. The summed E-state index contributed by atoms with van der Waals surface area (Å²) in [5, 5.41) is 21.4. The van der Waals surface area contributed by atoms with Crippen LogP contribution in [0, 0.1) is 23.1 Å². The van der Waals surface area contributed by atoms with E-state index in [9.17, 15) is 19.2 Å². The van der Waals surface area contributed by atoms with Crippen molar-refractivity contribution in [1.29, 1.82) is 5.26 Å². The van der Waals surface area contributed by atoms with E-state index in [0.29, 0.717) is 18.7 Å². The van der Waals surface area contributed by atoms with Crippen molar-refractivity contribution >= 4 is 23.5 Å². The van der Waals surface area contributed by atoms with Gasteiger partial charge in [0, 0.05) is 37.4 Å². The molecule has 2 aromatic heterocycles. The number of halogens is 1. The molecule has 1 saturated heterocycles. The first-order valence-corrected chi connectivity index (χ1v) is 11.4. The van der Waals surface area contributed by atoms with Gasteiger partial charge in [0.1, 0.15) is 18.0 Å². The number of nitrogens with zero attached hydrogens (tertiary/aromatic N) is 6. The summed E-state index contributed by atoms with van der Waals surface area (Å²) in [6.07, 6.45) is 4.81. The van der Waals surface area contributed by atoms with Crippen LogP contribution in [0.25, 0.3) is 0 Å². The second kappa shape index (κ2) is 10.1. The highest BCUT2D eigenvalue weighted by atomic mass is 19.1. The first-order valence-electron chi connectivity index (χ1n) is 11.4. The van der Waals surface area contributed by atoms with Crippen LogP contribution in [0.3, 0.4) is 0 Å². The van der Waals surface area contributed by atoms with Gasteiger partial charge in [-0.15, -0.1) is 0 Å². The number of rotatable bonds is 7. The lowest BCUT2D eigenvalue weighted by molar-refractivity contribution is 0.0497. The van der Waals surface area contributed by atoms with Crippen molar-refractivity contribution < 1.29 is 18.7 Å². The maximum atomic E-state index is 13.3. The van der Waals surface area contributed by atoms with Crippen LogP contribution in [0.15, 0.2) is 48.9 Å². The third kappa shape index (κ3) is 5.30. The molecule has 36 heavy (non-hydrogen) atoms. The number of aromatic nitrogens is 4. The Bertz CT molecular complexity index is 1260. The minimum atomic E-state index is -0.715. The molecule has 3 N–H and O–H groups in total. The van der Waals surface area contributed by atoms with E-state index in [0.717, 1.165) is 0 Å². The zero-order chi connectivity index (χ0) is 25.9. The zero-order valence-electron chi connectivity index (χ0n) is 20.0. The number of amides is 2. The summed E-state index contributed by atoms with van der Waals surface area (Å²) in [6.45, 7) is 4.43. The standard InChI is InChI=1S/C24H27FN8O3/c1-24(2,33-10-3-9-28-33)15-36-23(35)31-11-8-16(12-26)20(14-31)32-13-19(21(27)34)22(30-32)29-18-6-4-17(25)5-7-18/h3-7,9-10,13,16,20H,8,11,14-15H2,1-2H3,(H2,27,34)(H,29,30)/t16-,20+/m1/s1. The summed E-state index contributed by atoms with van der Waals surface area (Å²) in [6, 6.07) is 9.08. The molecule has 0 aliphatic carbocycles. The molecule has 11 nitrogen and oxygen atoms in total. The van der Waals surface area contributed by atoms with Crippen molar-refractivity contribution in [3.8, 4) is 6.07 Å². The van der Waals surface area contributed by atoms with E-state index in [1.54, 1.807) is 23.1 Å². The Labute approximate surface area is 207 Å². The summed E-state index contributed by atoms with van der Waals surface area (Å²) >= 11 is 0. The van der Waals surface area contributed by atoms with E-state index in [1.165, 1.54) is 40.0 Å². The van der Waals surface area contributed by atoms with Gasteiger partial charge in [0.05, 0.1) is 23.6 Å². The predicted molar refractivity (Wildman–Crippen MR) is 128 cm³/mol. The Morgan fingerprint density at radius 2 is 2.08 bits per heavy atom. The quantitative estimate of drug-likeness (QED) is 0.514. The molecule has 0 radical (unpaired) electrons. The van der Waals surface area contributed by atoms with E-state index in [4.69, 9.17) is 10.5 Å². The molecule has 0 bridgehead atoms. The van der Waals surface area contributed by atoms with Crippen LogP contribution in [-0.2, 0) is 10.3 Å². The number of nitrogens with one attached hydrogen (secondary N) is 1. The number of likely N-dealkylation sites (tertiary alicyclic amines) is 1. The van der Waals surface area contributed by atoms with Gasteiger partial charge >= 0.3 is 6.09 Å². The molecular formula is C24H27FN8O3. The number of hydrogen-bond acceptors (Lipinski definition) is 7. The molecule has 1 aliphatic heterocycles. The Balaban J connectivity index is 1.50. The number of primary amides is 1. The van der Waals surface area contributed by atoms with Gasteiger partial charge in [-0.2, -0.15) is 15.5 Å². The molecule has 12 heteroatoms. The molecule has 1 fully saturated rings. The number of carbonyl (C=O) groups is 2.